The monoisotopic (exact) mass is 456 g/mol. The van der Waals surface area contributed by atoms with Crippen LogP contribution >= 0.6 is 11.3 Å². The van der Waals surface area contributed by atoms with Gasteiger partial charge in [0, 0.05) is 23.1 Å². The maximum Gasteiger partial charge on any atom is 0.261 e. The number of carbonyl (C=O) groups excluding carboxylic acids is 1. The zero-order valence-electron chi connectivity index (χ0n) is 16.7. The first-order valence-corrected chi connectivity index (χ1v) is 12.2. The SMILES string of the molecule is CC1c2ccsc2CCN1C(=O)c1cccc(S(=O)(=O)Nc2ccc3c(c2)OCO3)c1. The molecule has 2 aliphatic rings. The molecule has 1 unspecified atom stereocenters. The molecule has 0 bridgehead atoms. The van der Waals surface area contributed by atoms with Crippen LogP contribution in [0.4, 0.5) is 5.69 Å². The van der Waals surface area contributed by atoms with Crippen molar-refractivity contribution in [3.8, 4) is 11.5 Å². The lowest BCUT2D eigenvalue weighted by Gasteiger charge is -2.33. The van der Waals surface area contributed by atoms with Crippen LogP contribution in [0.1, 0.15) is 33.8 Å². The molecule has 0 aliphatic carbocycles. The molecule has 160 valence electrons. The summed E-state index contributed by atoms with van der Waals surface area (Å²) in [7, 11) is -3.89. The predicted octanol–water partition coefficient (Wildman–Crippen LogP) is 4.04. The van der Waals surface area contributed by atoms with Gasteiger partial charge in [-0.05, 0) is 60.7 Å². The van der Waals surface area contributed by atoms with Crippen molar-refractivity contribution in [2.75, 3.05) is 18.1 Å². The third-order valence-corrected chi connectivity index (χ3v) is 7.93. The highest BCUT2D eigenvalue weighted by Crippen LogP contribution is 2.35. The Morgan fingerprint density at radius 1 is 1.13 bits per heavy atom. The van der Waals surface area contributed by atoms with E-state index in [0.29, 0.717) is 29.3 Å². The summed E-state index contributed by atoms with van der Waals surface area (Å²) in [4.78, 5) is 16.3. The van der Waals surface area contributed by atoms with Crippen LogP contribution in [0.3, 0.4) is 0 Å². The van der Waals surface area contributed by atoms with Crippen molar-refractivity contribution < 1.29 is 22.7 Å². The summed E-state index contributed by atoms with van der Waals surface area (Å²) in [6.07, 6.45) is 0.812. The minimum Gasteiger partial charge on any atom is -0.454 e. The van der Waals surface area contributed by atoms with E-state index in [1.165, 1.54) is 17.0 Å². The number of ether oxygens (including phenoxy) is 2. The van der Waals surface area contributed by atoms with E-state index in [9.17, 15) is 13.2 Å². The standard InChI is InChI=1S/C22H20N2O5S2/c1-14-18-8-10-30-21(18)7-9-24(14)22(25)15-3-2-4-17(11-15)31(26,27)23-16-5-6-19-20(12-16)29-13-28-19/h2-6,8,10-12,14,23H,7,9,13H2,1H3. The van der Waals surface area contributed by atoms with Crippen molar-refractivity contribution in [2.45, 2.75) is 24.3 Å². The molecule has 2 aromatic carbocycles. The third kappa shape index (κ3) is 3.64. The highest BCUT2D eigenvalue weighted by atomic mass is 32.2. The lowest BCUT2D eigenvalue weighted by Crippen LogP contribution is -2.38. The average molecular weight is 457 g/mol. The molecule has 3 aromatic rings. The highest BCUT2D eigenvalue weighted by molar-refractivity contribution is 7.92. The van der Waals surface area contributed by atoms with E-state index in [-0.39, 0.29) is 23.6 Å². The van der Waals surface area contributed by atoms with Gasteiger partial charge in [-0.3, -0.25) is 9.52 Å². The minimum atomic E-state index is -3.89. The van der Waals surface area contributed by atoms with Crippen molar-refractivity contribution in [2.24, 2.45) is 0 Å². The van der Waals surface area contributed by atoms with Crippen LogP contribution in [0.5, 0.6) is 11.5 Å². The molecule has 1 N–H and O–H groups in total. The van der Waals surface area contributed by atoms with Gasteiger partial charge in [0.15, 0.2) is 11.5 Å². The Balaban J connectivity index is 1.39. The van der Waals surface area contributed by atoms with Crippen LogP contribution in [0, 0.1) is 0 Å². The number of benzene rings is 2. The number of hydrogen-bond acceptors (Lipinski definition) is 6. The molecule has 1 aromatic heterocycles. The van der Waals surface area contributed by atoms with Crippen molar-refractivity contribution in [3.05, 3.63) is 69.9 Å². The Morgan fingerprint density at radius 2 is 1.97 bits per heavy atom. The van der Waals surface area contributed by atoms with Crippen LogP contribution in [-0.4, -0.2) is 32.6 Å². The molecule has 0 fully saturated rings. The number of fused-ring (bicyclic) bond motifs is 2. The van der Waals surface area contributed by atoms with Gasteiger partial charge in [0.05, 0.1) is 16.6 Å². The second-order valence-corrected chi connectivity index (χ2v) is 10.1. The Labute approximate surface area is 184 Å². The van der Waals surface area contributed by atoms with Crippen molar-refractivity contribution in [1.29, 1.82) is 0 Å². The van der Waals surface area contributed by atoms with Gasteiger partial charge in [0.25, 0.3) is 15.9 Å². The number of thiophene rings is 1. The molecule has 1 atom stereocenters. The summed E-state index contributed by atoms with van der Waals surface area (Å²) < 4.78 is 39.0. The number of carbonyl (C=O) groups is 1. The summed E-state index contributed by atoms with van der Waals surface area (Å²) in [6.45, 7) is 2.72. The number of nitrogens with zero attached hydrogens (tertiary/aromatic N) is 1. The molecule has 2 aliphatic heterocycles. The molecule has 3 heterocycles. The van der Waals surface area contributed by atoms with Gasteiger partial charge in [-0.1, -0.05) is 6.07 Å². The van der Waals surface area contributed by atoms with E-state index >= 15 is 0 Å². The molecule has 1 amide bonds. The van der Waals surface area contributed by atoms with Crippen molar-refractivity contribution >= 4 is 33.0 Å². The lowest BCUT2D eigenvalue weighted by atomic mass is 10.0. The number of sulfonamides is 1. The number of anilines is 1. The van der Waals surface area contributed by atoms with Crippen LogP contribution in [0.25, 0.3) is 0 Å². The van der Waals surface area contributed by atoms with Crippen LogP contribution in [0.15, 0.2) is 58.8 Å². The molecule has 0 saturated heterocycles. The number of hydrogen-bond donors (Lipinski definition) is 1. The Bertz CT molecular complexity index is 1270. The fourth-order valence-electron chi connectivity index (χ4n) is 3.92. The Morgan fingerprint density at radius 3 is 2.84 bits per heavy atom. The largest absolute Gasteiger partial charge is 0.454 e. The lowest BCUT2D eigenvalue weighted by molar-refractivity contribution is 0.0679. The Kier molecular flexibility index (Phi) is 4.86. The van der Waals surface area contributed by atoms with E-state index in [1.807, 2.05) is 12.3 Å². The van der Waals surface area contributed by atoms with Crippen molar-refractivity contribution in [1.82, 2.24) is 4.90 Å². The van der Waals surface area contributed by atoms with Gasteiger partial charge in [-0.2, -0.15) is 0 Å². The van der Waals surface area contributed by atoms with E-state index in [4.69, 9.17) is 9.47 Å². The van der Waals surface area contributed by atoms with E-state index in [0.717, 1.165) is 12.0 Å². The molecule has 5 rings (SSSR count). The van der Waals surface area contributed by atoms with Gasteiger partial charge in [0.1, 0.15) is 0 Å². The second-order valence-electron chi connectivity index (χ2n) is 7.43. The molecule has 0 spiro atoms. The molecular weight excluding hydrogens is 436 g/mol. The summed E-state index contributed by atoms with van der Waals surface area (Å²) >= 11 is 1.71. The quantitative estimate of drug-likeness (QED) is 0.641. The molecule has 0 radical (unpaired) electrons. The summed E-state index contributed by atoms with van der Waals surface area (Å²) in [6, 6.07) is 13.0. The van der Waals surface area contributed by atoms with E-state index in [1.54, 1.807) is 46.6 Å². The van der Waals surface area contributed by atoms with Gasteiger partial charge < -0.3 is 14.4 Å². The molecule has 9 heteroatoms. The van der Waals surface area contributed by atoms with E-state index in [2.05, 4.69) is 10.8 Å². The van der Waals surface area contributed by atoms with Crippen LogP contribution in [-0.2, 0) is 16.4 Å². The molecule has 0 saturated carbocycles. The van der Waals surface area contributed by atoms with Gasteiger partial charge >= 0.3 is 0 Å². The average Bonchev–Trinajstić information content (AvgIpc) is 3.43. The topological polar surface area (TPSA) is 84.9 Å². The molecule has 7 nitrogen and oxygen atoms in total. The molecular formula is C22H20N2O5S2. The van der Waals surface area contributed by atoms with Gasteiger partial charge in [0.2, 0.25) is 6.79 Å². The first-order valence-electron chi connectivity index (χ1n) is 9.82. The summed E-state index contributed by atoms with van der Waals surface area (Å²) in [5.41, 5.74) is 1.87. The third-order valence-electron chi connectivity index (χ3n) is 5.55. The van der Waals surface area contributed by atoms with Gasteiger partial charge in [-0.25, -0.2) is 8.42 Å². The van der Waals surface area contributed by atoms with Crippen LogP contribution < -0.4 is 14.2 Å². The first kappa shape index (κ1) is 19.9. The fraction of sp³-hybridized carbons (Fsp3) is 0.227. The number of amides is 1. The maximum atomic E-state index is 13.2. The summed E-state index contributed by atoms with van der Waals surface area (Å²) in [5.74, 6) is 0.875. The van der Waals surface area contributed by atoms with E-state index < -0.39 is 10.0 Å². The van der Waals surface area contributed by atoms with Gasteiger partial charge in [-0.15, -0.1) is 11.3 Å². The zero-order chi connectivity index (χ0) is 21.6. The zero-order valence-corrected chi connectivity index (χ0v) is 18.3. The second kappa shape index (κ2) is 7.58. The summed E-state index contributed by atoms with van der Waals surface area (Å²) in [5, 5.41) is 2.05. The molecule has 31 heavy (non-hydrogen) atoms. The van der Waals surface area contributed by atoms with Crippen molar-refractivity contribution in [3.63, 3.8) is 0 Å². The maximum absolute atomic E-state index is 13.2. The highest BCUT2D eigenvalue weighted by Gasteiger charge is 2.29. The van der Waals surface area contributed by atoms with Crippen LogP contribution in [0.2, 0.25) is 0 Å². The normalized spacial score (nSPS) is 17.3. The number of rotatable bonds is 4. The predicted molar refractivity (Wildman–Crippen MR) is 117 cm³/mol. The fourth-order valence-corrected chi connectivity index (χ4v) is 5.98. The first-order chi connectivity index (χ1) is 14.9. The smallest absolute Gasteiger partial charge is 0.261 e. The number of nitrogens with one attached hydrogen (secondary N) is 1. The minimum absolute atomic E-state index is 0.0249. The Hall–Kier alpha value is -3.04.